The van der Waals surface area contributed by atoms with Crippen LogP contribution in [0.15, 0.2) is 36.4 Å². The fourth-order valence-corrected chi connectivity index (χ4v) is 1.74. The molecular weight excluding hydrogens is 252 g/mol. The third kappa shape index (κ3) is 2.54. The highest BCUT2D eigenvalue weighted by Crippen LogP contribution is 2.28. The molecule has 0 heterocycles. The lowest BCUT2D eigenvalue weighted by Gasteiger charge is -2.13. The van der Waals surface area contributed by atoms with Gasteiger partial charge in [-0.1, -0.05) is 18.2 Å². The van der Waals surface area contributed by atoms with Gasteiger partial charge in [-0.2, -0.15) is 0 Å². The zero-order valence-corrected chi connectivity index (χ0v) is 10.1. The first kappa shape index (κ1) is 13.0. The van der Waals surface area contributed by atoms with Crippen molar-refractivity contribution in [3.05, 3.63) is 59.2 Å². The summed E-state index contributed by atoms with van der Waals surface area (Å²) in [5, 5.41) is 11.5. The van der Waals surface area contributed by atoms with E-state index in [2.05, 4.69) is 5.32 Å². The molecule has 0 saturated carbocycles. The molecule has 0 atom stereocenters. The molecule has 0 aliphatic carbocycles. The van der Waals surface area contributed by atoms with Crippen LogP contribution in [0.1, 0.15) is 15.9 Å². The van der Waals surface area contributed by atoms with Crippen LogP contribution in [0.25, 0.3) is 0 Å². The van der Waals surface area contributed by atoms with Crippen LogP contribution in [0.5, 0.6) is 0 Å². The van der Waals surface area contributed by atoms with Crippen LogP contribution in [0.3, 0.4) is 0 Å². The summed E-state index contributed by atoms with van der Waals surface area (Å²) in [5.41, 5.74) is 0.126. The van der Waals surface area contributed by atoms with Gasteiger partial charge in [-0.05, 0) is 30.7 Å². The van der Waals surface area contributed by atoms with Crippen molar-refractivity contribution in [1.29, 1.82) is 0 Å². The number of rotatable bonds is 3. The molecule has 5 heteroatoms. The van der Waals surface area contributed by atoms with E-state index in [0.29, 0.717) is 5.56 Å². The van der Waals surface area contributed by atoms with Gasteiger partial charge in [-0.15, -0.1) is 0 Å². The lowest BCUT2D eigenvalue weighted by molar-refractivity contribution is 0.0697. The maximum absolute atomic E-state index is 13.7. The fraction of sp³-hybridized carbons (Fsp3) is 0.0714. The summed E-state index contributed by atoms with van der Waals surface area (Å²) in [6.45, 7) is 1.65. The van der Waals surface area contributed by atoms with Crippen LogP contribution in [0.4, 0.5) is 20.2 Å². The summed E-state index contributed by atoms with van der Waals surface area (Å²) in [6, 6.07) is 8.05. The summed E-state index contributed by atoms with van der Waals surface area (Å²) in [4.78, 5) is 11.0. The van der Waals surface area contributed by atoms with Crippen molar-refractivity contribution in [1.82, 2.24) is 0 Å². The molecule has 0 aromatic heterocycles. The standard InChI is InChI=1S/C14H11F2NO2/c1-8-4-2-6-10(15)12(8)17-13-9(14(18)19)5-3-7-11(13)16/h2-7,17H,1H3,(H,18,19). The van der Waals surface area contributed by atoms with Crippen molar-refractivity contribution >= 4 is 17.3 Å². The first-order valence-electron chi connectivity index (χ1n) is 5.54. The Kier molecular flexibility index (Phi) is 3.46. The van der Waals surface area contributed by atoms with Gasteiger partial charge in [0.2, 0.25) is 0 Å². The second kappa shape index (κ2) is 5.06. The van der Waals surface area contributed by atoms with Gasteiger partial charge < -0.3 is 10.4 Å². The Labute approximate surface area is 108 Å². The summed E-state index contributed by atoms with van der Waals surface area (Å²) >= 11 is 0. The van der Waals surface area contributed by atoms with E-state index in [-0.39, 0.29) is 16.9 Å². The molecule has 0 spiro atoms. The average molecular weight is 263 g/mol. The number of benzene rings is 2. The van der Waals surface area contributed by atoms with Crippen molar-refractivity contribution in [2.45, 2.75) is 6.92 Å². The Morgan fingerprint density at radius 2 is 1.63 bits per heavy atom. The Hall–Kier alpha value is -2.43. The predicted octanol–water partition coefficient (Wildman–Crippen LogP) is 3.72. The molecular formula is C14H11F2NO2. The number of para-hydroxylation sites is 2. The topological polar surface area (TPSA) is 49.3 Å². The third-order valence-corrected chi connectivity index (χ3v) is 2.72. The molecule has 0 aliphatic heterocycles. The fourth-order valence-electron chi connectivity index (χ4n) is 1.74. The monoisotopic (exact) mass is 263 g/mol. The minimum atomic E-state index is -1.28. The van der Waals surface area contributed by atoms with Crippen molar-refractivity contribution in [2.24, 2.45) is 0 Å². The highest BCUT2D eigenvalue weighted by atomic mass is 19.1. The normalized spacial score (nSPS) is 10.3. The molecule has 98 valence electrons. The van der Waals surface area contributed by atoms with E-state index in [1.807, 2.05) is 0 Å². The van der Waals surface area contributed by atoms with Crippen molar-refractivity contribution in [3.8, 4) is 0 Å². The van der Waals surface area contributed by atoms with Crippen LogP contribution >= 0.6 is 0 Å². The number of nitrogens with one attached hydrogen (secondary N) is 1. The van der Waals surface area contributed by atoms with E-state index in [9.17, 15) is 13.6 Å². The van der Waals surface area contributed by atoms with Crippen molar-refractivity contribution in [3.63, 3.8) is 0 Å². The van der Waals surface area contributed by atoms with Crippen LogP contribution in [-0.4, -0.2) is 11.1 Å². The van der Waals surface area contributed by atoms with E-state index in [4.69, 9.17) is 5.11 Å². The van der Waals surface area contributed by atoms with Crippen molar-refractivity contribution in [2.75, 3.05) is 5.32 Å². The zero-order chi connectivity index (χ0) is 14.0. The van der Waals surface area contributed by atoms with Gasteiger partial charge in [0, 0.05) is 0 Å². The van der Waals surface area contributed by atoms with Gasteiger partial charge in [0.1, 0.15) is 11.6 Å². The molecule has 0 aliphatic rings. The maximum atomic E-state index is 13.7. The lowest BCUT2D eigenvalue weighted by atomic mass is 10.1. The van der Waals surface area contributed by atoms with E-state index >= 15 is 0 Å². The minimum absolute atomic E-state index is 0.0649. The third-order valence-electron chi connectivity index (χ3n) is 2.72. The summed E-state index contributed by atoms with van der Waals surface area (Å²) in [7, 11) is 0. The van der Waals surface area contributed by atoms with Gasteiger partial charge in [-0.25, -0.2) is 13.6 Å². The first-order valence-corrected chi connectivity index (χ1v) is 5.54. The molecule has 19 heavy (non-hydrogen) atoms. The molecule has 3 nitrogen and oxygen atoms in total. The van der Waals surface area contributed by atoms with Crippen LogP contribution in [0, 0.1) is 18.6 Å². The lowest BCUT2D eigenvalue weighted by Crippen LogP contribution is -2.06. The highest BCUT2D eigenvalue weighted by Gasteiger charge is 2.16. The highest BCUT2D eigenvalue weighted by molar-refractivity contribution is 5.95. The maximum Gasteiger partial charge on any atom is 0.337 e. The van der Waals surface area contributed by atoms with Gasteiger partial charge in [0.25, 0.3) is 0 Å². The Bertz CT molecular complexity index is 621. The molecule has 2 rings (SSSR count). The Morgan fingerprint density at radius 1 is 1.05 bits per heavy atom. The predicted molar refractivity (Wildman–Crippen MR) is 67.8 cm³/mol. The number of aromatic carboxylic acids is 1. The van der Waals surface area contributed by atoms with Gasteiger partial charge >= 0.3 is 5.97 Å². The summed E-state index contributed by atoms with van der Waals surface area (Å²) in [5.74, 6) is -2.60. The van der Waals surface area contributed by atoms with E-state index in [1.165, 1.54) is 24.3 Å². The van der Waals surface area contributed by atoms with Gasteiger partial charge in [0.05, 0.1) is 16.9 Å². The van der Waals surface area contributed by atoms with Gasteiger partial charge in [0.15, 0.2) is 0 Å². The van der Waals surface area contributed by atoms with E-state index in [0.717, 1.165) is 6.07 Å². The Morgan fingerprint density at radius 3 is 2.21 bits per heavy atom. The quantitative estimate of drug-likeness (QED) is 0.887. The van der Waals surface area contributed by atoms with Crippen LogP contribution in [0.2, 0.25) is 0 Å². The smallest absolute Gasteiger partial charge is 0.337 e. The largest absolute Gasteiger partial charge is 0.478 e. The second-order valence-corrected chi connectivity index (χ2v) is 4.02. The molecule has 0 amide bonds. The molecule has 0 fully saturated rings. The molecule has 2 N–H and O–H groups in total. The van der Waals surface area contributed by atoms with E-state index in [1.54, 1.807) is 13.0 Å². The number of hydrogen-bond acceptors (Lipinski definition) is 2. The average Bonchev–Trinajstić information content (AvgIpc) is 2.35. The second-order valence-electron chi connectivity index (χ2n) is 4.02. The van der Waals surface area contributed by atoms with Crippen LogP contribution in [-0.2, 0) is 0 Å². The number of carbonyl (C=O) groups is 1. The number of hydrogen-bond donors (Lipinski definition) is 2. The molecule has 0 radical (unpaired) electrons. The first-order chi connectivity index (χ1) is 9.00. The summed E-state index contributed by atoms with van der Waals surface area (Å²) in [6.07, 6.45) is 0. The number of aryl methyl sites for hydroxylation is 1. The summed E-state index contributed by atoms with van der Waals surface area (Å²) < 4.78 is 27.4. The number of carboxylic acids is 1. The van der Waals surface area contributed by atoms with Crippen molar-refractivity contribution < 1.29 is 18.7 Å². The molecule has 2 aromatic rings. The molecule has 0 bridgehead atoms. The van der Waals surface area contributed by atoms with Crippen LogP contribution < -0.4 is 5.32 Å². The molecule has 0 unspecified atom stereocenters. The SMILES string of the molecule is Cc1cccc(F)c1Nc1c(F)cccc1C(=O)O. The zero-order valence-electron chi connectivity index (χ0n) is 10.1. The number of halogens is 2. The van der Waals surface area contributed by atoms with Gasteiger partial charge in [-0.3, -0.25) is 0 Å². The minimum Gasteiger partial charge on any atom is -0.478 e. The number of carboxylic acid groups (broad SMARTS) is 1. The molecule has 0 saturated heterocycles. The Balaban J connectivity index is 2.52. The van der Waals surface area contributed by atoms with E-state index < -0.39 is 17.6 Å². The molecule has 2 aromatic carbocycles. The number of anilines is 2.